The van der Waals surface area contributed by atoms with Crippen LogP contribution >= 0.6 is 0 Å². The molecular weight excluding hydrogens is 526 g/mol. The molecule has 4 atom stereocenters. The van der Waals surface area contributed by atoms with Crippen molar-refractivity contribution in [3.63, 3.8) is 0 Å². The minimum absolute atomic E-state index is 0.0494. The van der Waals surface area contributed by atoms with E-state index in [0.717, 1.165) is 60.1 Å². The van der Waals surface area contributed by atoms with Gasteiger partial charge in [-0.05, 0) is 53.0 Å². The zero-order chi connectivity index (χ0) is 28.3. The van der Waals surface area contributed by atoms with Gasteiger partial charge < -0.3 is 4.74 Å². The molecular formula is C39H31N3O. The van der Waals surface area contributed by atoms with E-state index in [9.17, 15) is 0 Å². The smallest absolute Gasteiger partial charge is 0.163 e. The van der Waals surface area contributed by atoms with Crippen LogP contribution in [0, 0.1) is 5.92 Å². The summed E-state index contributed by atoms with van der Waals surface area (Å²) >= 11 is 0. The lowest BCUT2D eigenvalue weighted by Gasteiger charge is -2.32. The molecule has 9 rings (SSSR count). The molecule has 4 nitrogen and oxygen atoms in total. The van der Waals surface area contributed by atoms with Gasteiger partial charge >= 0.3 is 0 Å². The van der Waals surface area contributed by atoms with Crippen molar-refractivity contribution in [2.24, 2.45) is 5.92 Å². The molecule has 0 radical (unpaired) electrons. The Labute approximate surface area is 251 Å². The summed E-state index contributed by atoms with van der Waals surface area (Å²) in [6.45, 7) is 0. The van der Waals surface area contributed by atoms with Gasteiger partial charge in [-0.15, -0.1) is 0 Å². The Bertz CT molecular complexity index is 2040. The Balaban J connectivity index is 1.14. The van der Waals surface area contributed by atoms with Crippen molar-refractivity contribution in [3.05, 3.63) is 142 Å². The minimum atomic E-state index is 0.0494. The first-order chi connectivity index (χ1) is 21.3. The first-order valence-corrected chi connectivity index (χ1v) is 15.5. The highest BCUT2D eigenvalue weighted by molar-refractivity contribution is 5.89. The van der Waals surface area contributed by atoms with Crippen LogP contribution < -0.4 is 15.2 Å². The van der Waals surface area contributed by atoms with Gasteiger partial charge in [0, 0.05) is 46.5 Å². The van der Waals surface area contributed by atoms with E-state index in [0.29, 0.717) is 0 Å². The fourth-order valence-corrected chi connectivity index (χ4v) is 7.41. The molecule has 0 N–H and O–H groups in total. The predicted molar refractivity (Wildman–Crippen MR) is 173 cm³/mol. The van der Waals surface area contributed by atoms with E-state index in [-0.39, 0.29) is 23.9 Å². The van der Waals surface area contributed by atoms with E-state index in [4.69, 9.17) is 19.7 Å². The summed E-state index contributed by atoms with van der Waals surface area (Å²) in [5.74, 6) is 3.86. The van der Waals surface area contributed by atoms with Crippen LogP contribution in [0.15, 0.2) is 97.2 Å². The van der Waals surface area contributed by atoms with Crippen molar-refractivity contribution in [1.82, 2.24) is 15.0 Å². The molecule has 0 spiro atoms. The molecule has 208 valence electrons. The van der Waals surface area contributed by atoms with Gasteiger partial charge in [-0.2, -0.15) is 0 Å². The Morgan fingerprint density at radius 3 is 2.63 bits per heavy atom. The van der Waals surface area contributed by atoms with Gasteiger partial charge in [-0.25, -0.2) is 15.0 Å². The molecule has 43 heavy (non-hydrogen) atoms. The first-order valence-electron chi connectivity index (χ1n) is 15.5. The molecule has 4 heteroatoms. The molecule has 0 bridgehead atoms. The normalized spacial score (nSPS) is 25.4. The van der Waals surface area contributed by atoms with Crippen molar-refractivity contribution >= 4 is 34.9 Å². The summed E-state index contributed by atoms with van der Waals surface area (Å²) < 4.78 is 6.24. The lowest BCUT2D eigenvalue weighted by Crippen LogP contribution is -2.33. The van der Waals surface area contributed by atoms with Crippen LogP contribution in [0.25, 0.3) is 34.9 Å². The van der Waals surface area contributed by atoms with E-state index in [1.54, 1.807) is 0 Å². The fraction of sp³-hybridized carbons (Fsp3) is 0.205. The molecule has 2 heterocycles. The summed E-state index contributed by atoms with van der Waals surface area (Å²) in [4.78, 5) is 15.5. The Morgan fingerprint density at radius 2 is 1.67 bits per heavy atom. The van der Waals surface area contributed by atoms with Crippen LogP contribution in [0.1, 0.15) is 71.7 Å². The molecule has 6 aliphatic rings. The molecule has 0 saturated carbocycles. The summed E-state index contributed by atoms with van der Waals surface area (Å²) in [5, 5.41) is 2.75. The average Bonchev–Trinajstić information content (AvgIpc) is 3.46. The molecule has 0 saturated heterocycles. The third-order valence-corrected chi connectivity index (χ3v) is 9.56. The van der Waals surface area contributed by atoms with E-state index in [1.165, 1.54) is 32.7 Å². The maximum absolute atomic E-state index is 6.24. The molecule has 1 aliphatic heterocycles. The number of rotatable bonds is 3. The fourth-order valence-electron chi connectivity index (χ4n) is 7.41. The van der Waals surface area contributed by atoms with Crippen molar-refractivity contribution < 1.29 is 4.74 Å². The molecule has 1 aromatic heterocycles. The maximum atomic E-state index is 6.24. The lowest BCUT2D eigenvalue weighted by atomic mass is 9.72. The molecule has 3 aromatic rings. The largest absolute Gasteiger partial charge is 0.485 e. The van der Waals surface area contributed by atoms with Gasteiger partial charge in [0.2, 0.25) is 0 Å². The Kier molecular flexibility index (Phi) is 5.68. The van der Waals surface area contributed by atoms with Gasteiger partial charge in [-0.1, -0.05) is 103 Å². The molecule has 2 aromatic carbocycles. The zero-order valence-electron chi connectivity index (χ0n) is 23.9. The standard InChI is InChI=1S/C39H31N3O/c1-2-10-25(11-3-1)37-40-38(26-18-22-36-34(23-26)32-13-6-7-16-35(32)43-36)42-39(41-37)33-15-8-14-28-30-19-17-24-9-4-5-12-27(24)29(30)20-21-31(28)33/h1-3,6-10,12-21,23,25,28,31,36H,4-5,11,22H2. The third-order valence-electron chi connectivity index (χ3n) is 9.56. The zero-order valence-corrected chi connectivity index (χ0v) is 23.9. The quantitative estimate of drug-likeness (QED) is 0.354. The summed E-state index contributed by atoms with van der Waals surface area (Å²) in [6.07, 6.45) is 33.3. The Hall–Kier alpha value is -4.83. The number of para-hydroxylation sites is 1. The molecule has 4 unspecified atom stereocenters. The summed E-state index contributed by atoms with van der Waals surface area (Å²) in [6, 6.07) is 12.9. The van der Waals surface area contributed by atoms with Crippen LogP contribution in [0.5, 0.6) is 5.75 Å². The number of hydrogen-bond donors (Lipinski definition) is 0. The third kappa shape index (κ3) is 4.08. The minimum Gasteiger partial charge on any atom is -0.485 e. The van der Waals surface area contributed by atoms with Crippen molar-refractivity contribution in [2.75, 3.05) is 0 Å². The van der Waals surface area contributed by atoms with Gasteiger partial charge in [-0.3, -0.25) is 0 Å². The number of aromatic nitrogens is 3. The van der Waals surface area contributed by atoms with Crippen LogP contribution in [-0.4, -0.2) is 21.1 Å². The second-order valence-electron chi connectivity index (χ2n) is 12.1. The highest BCUT2D eigenvalue weighted by Gasteiger charge is 2.34. The number of benzene rings is 2. The van der Waals surface area contributed by atoms with Crippen LogP contribution in [-0.2, 0) is 0 Å². The number of fused-ring (bicyclic) bond motifs is 8. The number of ether oxygens (including phenoxy) is 1. The molecule has 5 aliphatic carbocycles. The Morgan fingerprint density at radius 1 is 0.744 bits per heavy atom. The SMILES string of the molecule is C1=CCC(c2nc(C3=CCC4Oc5ccccc5C4=C3)nc(C3=CC=CC4c5ccc6c(c5C=CC34)=CCCC=6)n2)C=C1. The van der Waals surface area contributed by atoms with Crippen molar-refractivity contribution in [1.29, 1.82) is 0 Å². The summed E-state index contributed by atoms with van der Waals surface area (Å²) in [5.41, 5.74) is 7.32. The monoisotopic (exact) mass is 557 g/mol. The summed E-state index contributed by atoms with van der Waals surface area (Å²) in [7, 11) is 0. The predicted octanol–water partition coefficient (Wildman–Crippen LogP) is 6.84. The van der Waals surface area contributed by atoms with Gasteiger partial charge in [0.15, 0.2) is 11.6 Å². The van der Waals surface area contributed by atoms with Gasteiger partial charge in [0.25, 0.3) is 0 Å². The van der Waals surface area contributed by atoms with Gasteiger partial charge in [0.05, 0.1) is 0 Å². The number of nitrogens with zero attached hydrogens (tertiary/aromatic N) is 3. The molecule has 0 fully saturated rings. The van der Waals surface area contributed by atoms with Crippen LogP contribution in [0.4, 0.5) is 0 Å². The number of hydrogen-bond acceptors (Lipinski definition) is 4. The highest BCUT2D eigenvalue weighted by atomic mass is 16.5. The number of allylic oxidation sites excluding steroid dienone is 11. The van der Waals surface area contributed by atoms with Crippen molar-refractivity contribution in [2.45, 2.75) is 43.6 Å². The maximum Gasteiger partial charge on any atom is 0.163 e. The second-order valence-corrected chi connectivity index (χ2v) is 12.1. The van der Waals surface area contributed by atoms with E-state index in [2.05, 4.69) is 109 Å². The highest BCUT2D eigenvalue weighted by Crippen LogP contribution is 2.45. The van der Waals surface area contributed by atoms with Crippen LogP contribution in [0.2, 0.25) is 0 Å². The topological polar surface area (TPSA) is 47.9 Å². The van der Waals surface area contributed by atoms with E-state index >= 15 is 0 Å². The average molecular weight is 558 g/mol. The molecule has 0 amide bonds. The lowest BCUT2D eigenvalue weighted by molar-refractivity contribution is 0.279. The van der Waals surface area contributed by atoms with Crippen LogP contribution in [0.3, 0.4) is 0 Å². The van der Waals surface area contributed by atoms with Crippen molar-refractivity contribution in [3.8, 4) is 5.75 Å². The first kappa shape index (κ1) is 24.7. The van der Waals surface area contributed by atoms with E-state index in [1.807, 2.05) is 6.07 Å². The van der Waals surface area contributed by atoms with Gasteiger partial charge in [0.1, 0.15) is 17.7 Å². The van der Waals surface area contributed by atoms with E-state index < -0.39 is 0 Å². The second kappa shape index (κ2) is 9.88.